The summed E-state index contributed by atoms with van der Waals surface area (Å²) >= 11 is 0. The largest absolute Gasteiger partial charge is 0.481 e. The smallest absolute Gasteiger partial charge is 0.260 e. The molecule has 0 atom stereocenters. The van der Waals surface area contributed by atoms with Gasteiger partial charge < -0.3 is 19.7 Å². The highest BCUT2D eigenvalue weighted by atomic mass is 19.1. The number of para-hydroxylation sites is 2. The molecule has 31 heavy (non-hydrogen) atoms. The van der Waals surface area contributed by atoms with Crippen molar-refractivity contribution < 1.29 is 23.5 Å². The van der Waals surface area contributed by atoms with Crippen LogP contribution < -0.4 is 14.8 Å². The molecule has 2 amide bonds. The minimum atomic E-state index is -0.517. The van der Waals surface area contributed by atoms with E-state index < -0.39 is 5.82 Å². The van der Waals surface area contributed by atoms with Crippen LogP contribution in [0.15, 0.2) is 78.9 Å². The maximum Gasteiger partial charge on any atom is 0.260 e. The molecule has 0 aromatic heterocycles. The van der Waals surface area contributed by atoms with Crippen LogP contribution in [0, 0.1) is 11.7 Å². The van der Waals surface area contributed by atoms with Crippen molar-refractivity contribution in [2.45, 2.75) is 0 Å². The van der Waals surface area contributed by atoms with Crippen molar-refractivity contribution in [3.8, 4) is 17.2 Å². The van der Waals surface area contributed by atoms with Crippen molar-refractivity contribution in [3.63, 3.8) is 0 Å². The summed E-state index contributed by atoms with van der Waals surface area (Å²) < 4.78 is 24.5. The van der Waals surface area contributed by atoms with Gasteiger partial charge in [-0.3, -0.25) is 9.59 Å². The van der Waals surface area contributed by atoms with Crippen molar-refractivity contribution in [2.24, 2.45) is 5.92 Å². The summed E-state index contributed by atoms with van der Waals surface area (Å²) in [4.78, 5) is 26.1. The third-order valence-electron chi connectivity index (χ3n) is 4.89. The zero-order valence-corrected chi connectivity index (χ0v) is 16.7. The maximum atomic E-state index is 13.5. The number of amides is 2. The Labute approximate surface area is 179 Å². The lowest BCUT2D eigenvalue weighted by atomic mass is 9.99. The zero-order chi connectivity index (χ0) is 21.6. The third kappa shape index (κ3) is 5.19. The summed E-state index contributed by atoms with van der Waals surface area (Å²) in [6.07, 6.45) is 0. The summed E-state index contributed by atoms with van der Waals surface area (Å²) in [6, 6.07) is 22.4. The van der Waals surface area contributed by atoms with Crippen molar-refractivity contribution in [3.05, 3.63) is 84.7 Å². The molecular formula is C24H21FN2O4. The van der Waals surface area contributed by atoms with Gasteiger partial charge in [0, 0.05) is 18.8 Å². The van der Waals surface area contributed by atoms with Gasteiger partial charge in [-0.05, 0) is 48.5 Å². The summed E-state index contributed by atoms with van der Waals surface area (Å²) in [5.74, 6) is 0.182. The molecule has 0 unspecified atom stereocenters. The van der Waals surface area contributed by atoms with Crippen LogP contribution in [0.3, 0.4) is 0 Å². The number of likely N-dealkylation sites (tertiary alicyclic amines) is 1. The minimum Gasteiger partial charge on any atom is -0.481 e. The fourth-order valence-corrected chi connectivity index (χ4v) is 3.12. The van der Waals surface area contributed by atoms with Crippen molar-refractivity contribution in [1.29, 1.82) is 0 Å². The number of carbonyl (C=O) groups excluding carboxylic acids is 2. The van der Waals surface area contributed by atoms with Crippen molar-refractivity contribution in [1.82, 2.24) is 4.90 Å². The molecule has 0 saturated carbocycles. The number of hydrogen-bond donors (Lipinski definition) is 1. The first-order valence-corrected chi connectivity index (χ1v) is 9.87. The van der Waals surface area contributed by atoms with Gasteiger partial charge in [0.2, 0.25) is 5.91 Å². The second-order valence-corrected chi connectivity index (χ2v) is 7.14. The molecule has 3 aromatic carbocycles. The lowest BCUT2D eigenvalue weighted by molar-refractivity contribution is -0.143. The summed E-state index contributed by atoms with van der Waals surface area (Å²) in [5, 5.41) is 2.85. The Balaban J connectivity index is 1.21. The van der Waals surface area contributed by atoms with Crippen LogP contribution in [0.2, 0.25) is 0 Å². The minimum absolute atomic E-state index is 0.0327. The van der Waals surface area contributed by atoms with Gasteiger partial charge in [0.05, 0.1) is 5.92 Å². The van der Waals surface area contributed by atoms with E-state index in [1.807, 2.05) is 30.3 Å². The molecule has 158 valence electrons. The van der Waals surface area contributed by atoms with E-state index in [4.69, 9.17) is 9.47 Å². The Bertz CT molecular complexity index is 1050. The number of anilines is 1. The molecule has 0 bridgehead atoms. The number of ether oxygens (including phenoxy) is 2. The molecule has 1 aliphatic rings. The highest BCUT2D eigenvalue weighted by Crippen LogP contribution is 2.24. The normalized spacial score (nSPS) is 13.3. The Morgan fingerprint density at radius 2 is 1.55 bits per heavy atom. The fraction of sp³-hybridized carbons (Fsp3) is 0.167. The van der Waals surface area contributed by atoms with Crippen LogP contribution in [0.4, 0.5) is 10.1 Å². The molecule has 1 fully saturated rings. The van der Waals surface area contributed by atoms with Crippen LogP contribution in [0.5, 0.6) is 17.2 Å². The fourth-order valence-electron chi connectivity index (χ4n) is 3.12. The predicted molar refractivity (Wildman–Crippen MR) is 114 cm³/mol. The van der Waals surface area contributed by atoms with Gasteiger partial charge in [0.1, 0.15) is 11.5 Å². The van der Waals surface area contributed by atoms with E-state index in [9.17, 15) is 14.0 Å². The molecular weight excluding hydrogens is 399 g/mol. The SMILES string of the molecule is O=C(Nc1ccc(Oc2ccccc2)cc1)C1CN(C(=O)COc2ccccc2F)C1. The average Bonchev–Trinajstić information content (AvgIpc) is 2.74. The Morgan fingerprint density at radius 3 is 2.26 bits per heavy atom. The van der Waals surface area contributed by atoms with Gasteiger partial charge >= 0.3 is 0 Å². The van der Waals surface area contributed by atoms with Crippen molar-refractivity contribution in [2.75, 3.05) is 25.0 Å². The Hall–Kier alpha value is -3.87. The number of nitrogens with zero attached hydrogens (tertiary/aromatic N) is 1. The Kier molecular flexibility index (Phi) is 6.12. The first kappa shape index (κ1) is 20.4. The van der Waals surface area contributed by atoms with Gasteiger partial charge in [-0.25, -0.2) is 4.39 Å². The number of nitrogens with one attached hydrogen (secondary N) is 1. The molecule has 6 nitrogen and oxygen atoms in total. The monoisotopic (exact) mass is 420 g/mol. The van der Waals surface area contributed by atoms with Crippen LogP contribution in [-0.2, 0) is 9.59 Å². The molecule has 7 heteroatoms. The van der Waals surface area contributed by atoms with E-state index in [1.165, 1.54) is 17.0 Å². The molecule has 3 aromatic rings. The topological polar surface area (TPSA) is 67.9 Å². The van der Waals surface area contributed by atoms with E-state index in [-0.39, 0.29) is 30.1 Å². The van der Waals surface area contributed by atoms with Crippen LogP contribution >= 0.6 is 0 Å². The first-order chi connectivity index (χ1) is 15.1. The van der Waals surface area contributed by atoms with Gasteiger partial charge in [-0.2, -0.15) is 0 Å². The van der Waals surface area contributed by atoms with Gasteiger partial charge in [0.15, 0.2) is 18.2 Å². The lowest BCUT2D eigenvalue weighted by Gasteiger charge is -2.38. The number of carbonyl (C=O) groups is 2. The molecule has 0 radical (unpaired) electrons. The number of benzene rings is 3. The standard InChI is InChI=1S/C24H21FN2O4/c25-21-8-4-5-9-22(21)30-16-23(28)27-14-17(15-27)24(29)26-18-10-12-20(13-11-18)31-19-6-2-1-3-7-19/h1-13,17H,14-16H2,(H,26,29). The summed E-state index contributed by atoms with van der Waals surface area (Å²) in [7, 11) is 0. The first-order valence-electron chi connectivity index (χ1n) is 9.87. The second kappa shape index (κ2) is 9.30. The zero-order valence-electron chi connectivity index (χ0n) is 16.7. The van der Waals surface area contributed by atoms with Crippen LogP contribution in [0.25, 0.3) is 0 Å². The highest BCUT2D eigenvalue weighted by molar-refractivity contribution is 5.94. The molecule has 1 heterocycles. The molecule has 1 aliphatic heterocycles. The van der Waals surface area contributed by atoms with Crippen LogP contribution in [0.1, 0.15) is 0 Å². The van der Waals surface area contributed by atoms with Gasteiger partial charge in [-0.1, -0.05) is 30.3 Å². The number of hydrogen-bond acceptors (Lipinski definition) is 4. The quantitative estimate of drug-likeness (QED) is 0.625. The molecule has 1 N–H and O–H groups in total. The second-order valence-electron chi connectivity index (χ2n) is 7.14. The van der Waals surface area contributed by atoms with E-state index in [0.29, 0.717) is 24.5 Å². The van der Waals surface area contributed by atoms with E-state index in [2.05, 4.69) is 5.32 Å². The summed E-state index contributed by atoms with van der Waals surface area (Å²) in [6.45, 7) is 0.346. The lowest BCUT2D eigenvalue weighted by Crippen LogP contribution is -2.55. The molecule has 0 spiro atoms. The summed E-state index contributed by atoms with van der Waals surface area (Å²) in [5.41, 5.74) is 0.651. The van der Waals surface area contributed by atoms with E-state index in [0.717, 1.165) is 5.75 Å². The predicted octanol–water partition coefficient (Wildman–Crippen LogP) is 4.09. The molecule has 0 aliphatic carbocycles. The van der Waals surface area contributed by atoms with Crippen molar-refractivity contribution >= 4 is 17.5 Å². The van der Waals surface area contributed by atoms with E-state index in [1.54, 1.807) is 36.4 Å². The molecule has 1 saturated heterocycles. The highest BCUT2D eigenvalue weighted by Gasteiger charge is 2.35. The number of halogens is 1. The Morgan fingerprint density at radius 1 is 0.903 bits per heavy atom. The van der Waals surface area contributed by atoms with Crippen LogP contribution in [-0.4, -0.2) is 36.4 Å². The van der Waals surface area contributed by atoms with Gasteiger partial charge in [-0.15, -0.1) is 0 Å². The third-order valence-corrected chi connectivity index (χ3v) is 4.89. The number of rotatable bonds is 7. The average molecular weight is 420 g/mol. The van der Waals surface area contributed by atoms with Gasteiger partial charge in [0.25, 0.3) is 5.91 Å². The maximum absolute atomic E-state index is 13.5. The van der Waals surface area contributed by atoms with E-state index >= 15 is 0 Å². The molecule has 4 rings (SSSR count).